The highest BCUT2D eigenvalue weighted by Gasteiger charge is 2.30. The topological polar surface area (TPSA) is 59.5 Å². The third-order valence-corrected chi connectivity index (χ3v) is 4.25. The molecular weight excluding hydrogens is 328 g/mol. The maximum Gasteiger partial charge on any atom is 0.316 e. The third-order valence-electron chi connectivity index (χ3n) is 4.00. The molecule has 0 aliphatic carbocycles. The van der Waals surface area contributed by atoms with E-state index < -0.39 is 0 Å². The lowest BCUT2D eigenvalue weighted by Gasteiger charge is -2.31. The maximum atomic E-state index is 12.5. The van der Waals surface area contributed by atoms with Crippen molar-refractivity contribution in [2.45, 2.75) is 12.8 Å². The fourth-order valence-corrected chi connectivity index (χ4v) is 2.86. The Hall–Kier alpha value is -2.40. The van der Waals surface area contributed by atoms with E-state index in [9.17, 15) is 9.59 Å². The maximum absolute atomic E-state index is 12.5. The number of pyridine rings is 1. The molecule has 1 amide bonds. The molecule has 0 N–H and O–H groups in total. The normalized spacial score (nSPS) is 17.4. The summed E-state index contributed by atoms with van der Waals surface area (Å²) < 4.78 is 5.40. The van der Waals surface area contributed by atoms with Crippen LogP contribution in [0.4, 0.5) is 0 Å². The molecule has 1 saturated heterocycles. The van der Waals surface area contributed by atoms with Crippen molar-refractivity contribution in [3.63, 3.8) is 0 Å². The number of ether oxygens (including phenoxy) is 1. The molecule has 0 spiro atoms. The van der Waals surface area contributed by atoms with Gasteiger partial charge in [0.15, 0.2) is 0 Å². The highest BCUT2D eigenvalue weighted by Crippen LogP contribution is 2.22. The zero-order valence-electron chi connectivity index (χ0n) is 13.0. The van der Waals surface area contributed by atoms with Crippen LogP contribution in [0.3, 0.4) is 0 Å². The first-order valence-electron chi connectivity index (χ1n) is 7.80. The van der Waals surface area contributed by atoms with Crippen molar-refractivity contribution in [2.24, 2.45) is 5.92 Å². The van der Waals surface area contributed by atoms with Crippen LogP contribution in [0.25, 0.3) is 0 Å². The number of amides is 1. The van der Waals surface area contributed by atoms with E-state index in [0.717, 1.165) is 6.42 Å². The van der Waals surface area contributed by atoms with Crippen LogP contribution in [0, 0.1) is 5.92 Å². The molecule has 1 aromatic heterocycles. The van der Waals surface area contributed by atoms with Gasteiger partial charge in [-0.15, -0.1) is 0 Å². The quantitative estimate of drug-likeness (QED) is 0.633. The number of halogens is 1. The molecule has 6 heteroatoms. The summed E-state index contributed by atoms with van der Waals surface area (Å²) in [6, 6.07) is 10.0. The Balaban J connectivity index is 1.63. The summed E-state index contributed by atoms with van der Waals surface area (Å²) in [5.74, 6) is -0.256. The van der Waals surface area contributed by atoms with Crippen molar-refractivity contribution in [1.82, 2.24) is 9.88 Å². The van der Waals surface area contributed by atoms with Crippen molar-refractivity contribution in [3.8, 4) is 5.75 Å². The minimum absolute atomic E-state index is 0.0820. The first kappa shape index (κ1) is 16.5. The summed E-state index contributed by atoms with van der Waals surface area (Å²) in [4.78, 5) is 30.5. The average Bonchev–Trinajstić information content (AvgIpc) is 2.64. The van der Waals surface area contributed by atoms with Gasteiger partial charge < -0.3 is 9.64 Å². The van der Waals surface area contributed by atoms with Gasteiger partial charge in [0.05, 0.1) is 5.92 Å². The van der Waals surface area contributed by atoms with Crippen LogP contribution in [-0.2, 0) is 4.79 Å². The van der Waals surface area contributed by atoms with E-state index in [1.54, 1.807) is 53.7 Å². The van der Waals surface area contributed by atoms with Crippen LogP contribution in [0.5, 0.6) is 5.75 Å². The predicted molar refractivity (Wildman–Crippen MR) is 90.0 cm³/mol. The summed E-state index contributed by atoms with van der Waals surface area (Å²) in [6.07, 6.45) is 4.66. The number of rotatable bonds is 3. The molecule has 0 bridgehead atoms. The van der Waals surface area contributed by atoms with Gasteiger partial charge >= 0.3 is 5.97 Å². The Labute approximate surface area is 145 Å². The molecule has 0 unspecified atom stereocenters. The first-order valence-corrected chi connectivity index (χ1v) is 8.18. The zero-order valence-corrected chi connectivity index (χ0v) is 13.8. The van der Waals surface area contributed by atoms with E-state index in [2.05, 4.69) is 4.98 Å². The number of likely N-dealkylation sites (tertiary alicyclic amines) is 1. The summed E-state index contributed by atoms with van der Waals surface area (Å²) in [5.41, 5.74) is 0.580. The van der Waals surface area contributed by atoms with Crippen LogP contribution < -0.4 is 4.74 Å². The molecule has 1 aliphatic heterocycles. The Morgan fingerprint density at radius 2 is 1.83 bits per heavy atom. The van der Waals surface area contributed by atoms with E-state index >= 15 is 0 Å². The molecule has 2 heterocycles. The number of aromatic nitrogens is 1. The van der Waals surface area contributed by atoms with Gasteiger partial charge in [-0.25, -0.2) is 0 Å². The van der Waals surface area contributed by atoms with Crippen molar-refractivity contribution < 1.29 is 14.3 Å². The number of esters is 1. The number of hydrogen-bond acceptors (Lipinski definition) is 4. The summed E-state index contributed by atoms with van der Waals surface area (Å²) in [6.45, 7) is 1.01. The second kappa shape index (κ2) is 7.45. The minimum Gasteiger partial charge on any atom is -0.426 e. The molecule has 0 saturated carbocycles. The Kier molecular flexibility index (Phi) is 5.11. The second-order valence-electron chi connectivity index (χ2n) is 5.70. The van der Waals surface area contributed by atoms with Gasteiger partial charge in [-0.05, 0) is 49.2 Å². The number of nitrogens with zero attached hydrogens (tertiary/aromatic N) is 2. The molecule has 1 aromatic carbocycles. The molecule has 1 atom stereocenters. The number of piperidine rings is 1. The van der Waals surface area contributed by atoms with Crippen LogP contribution >= 0.6 is 11.6 Å². The van der Waals surface area contributed by atoms with Crippen LogP contribution in [0.2, 0.25) is 5.02 Å². The van der Waals surface area contributed by atoms with E-state index in [1.807, 2.05) is 0 Å². The van der Waals surface area contributed by atoms with Crippen molar-refractivity contribution in [1.29, 1.82) is 0 Å². The van der Waals surface area contributed by atoms with E-state index in [-0.39, 0.29) is 17.8 Å². The summed E-state index contributed by atoms with van der Waals surface area (Å²) in [5, 5.41) is 0.585. The van der Waals surface area contributed by atoms with Crippen LogP contribution in [-0.4, -0.2) is 34.8 Å². The van der Waals surface area contributed by atoms with E-state index in [0.29, 0.717) is 35.8 Å². The zero-order chi connectivity index (χ0) is 16.9. The SMILES string of the molecule is O=C(Oc1ccc(Cl)cc1)[C@H]1CCCN(C(=O)c2ccncc2)C1. The monoisotopic (exact) mass is 344 g/mol. The van der Waals surface area contributed by atoms with Crippen molar-refractivity contribution in [2.75, 3.05) is 13.1 Å². The van der Waals surface area contributed by atoms with Gasteiger partial charge in [0.2, 0.25) is 0 Å². The number of carbonyl (C=O) groups excluding carboxylic acids is 2. The molecule has 0 radical (unpaired) electrons. The predicted octanol–water partition coefficient (Wildman–Crippen LogP) is 3.19. The Morgan fingerprint density at radius 1 is 1.12 bits per heavy atom. The lowest BCUT2D eigenvalue weighted by atomic mass is 9.97. The van der Waals surface area contributed by atoms with Crippen molar-refractivity contribution in [3.05, 3.63) is 59.4 Å². The van der Waals surface area contributed by atoms with Crippen molar-refractivity contribution >= 4 is 23.5 Å². The number of benzene rings is 1. The largest absolute Gasteiger partial charge is 0.426 e. The molecule has 3 rings (SSSR count). The molecule has 1 fully saturated rings. The van der Waals surface area contributed by atoms with Gasteiger partial charge in [0.25, 0.3) is 5.91 Å². The fourth-order valence-electron chi connectivity index (χ4n) is 2.73. The van der Waals surface area contributed by atoms with E-state index in [4.69, 9.17) is 16.3 Å². The lowest BCUT2D eigenvalue weighted by molar-refractivity contribution is -0.140. The van der Waals surface area contributed by atoms with Crippen LogP contribution in [0.1, 0.15) is 23.2 Å². The average molecular weight is 345 g/mol. The highest BCUT2D eigenvalue weighted by atomic mass is 35.5. The molecule has 2 aromatic rings. The van der Waals surface area contributed by atoms with Crippen LogP contribution in [0.15, 0.2) is 48.8 Å². The number of hydrogen-bond donors (Lipinski definition) is 0. The number of carbonyl (C=O) groups is 2. The fraction of sp³-hybridized carbons (Fsp3) is 0.278. The molecule has 5 nitrogen and oxygen atoms in total. The third kappa shape index (κ3) is 3.92. The highest BCUT2D eigenvalue weighted by molar-refractivity contribution is 6.30. The second-order valence-corrected chi connectivity index (χ2v) is 6.14. The molecule has 124 valence electrons. The Morgan fingerprint density at radius 3 is 2.54 bits per heavy atom. The van der Waals surface area contributed by atoms with Gasteiger partial charge in [-0.2, -0.15) is 0 Å². The lowest BCUT2D eigenvalue weighted by Crippen LogP contribution is -2.43. The van der Waals surface area contributed by atoms with E-state index in [1.165, 1.54) is 0 Å². The summed E-state index contributed by atoms with van der Waals surface area (Å²) in [7, 11) is 0. The Bertz CT molecular complexity index is 719. The van der Waals surface area contributed by atoms with Gasteiger partial charge in [0.1, 0.15) is 5.75 Å². The minimum atomic E-state index is -0.319. The standard InChI is InChI=1S/C18H17ClN2O3/c19-15-3-5-16(6-4-15)24-18(23)14-2-1-11-21(12-14)17(22)13-7-9-20-10-8-13/h3-10,14H,1-2,11-12H2/t14-/m0/s1. The van der Waals surface area contributed by atoms with Gasteiger partial charge in [-0.1, -0.05) is 11.6 Å². The first-order chi connectivity index (χ1) is 11.6. The molecular formula is C18H17ClN2O3. The molecule has 24 heavy (non-hydrogen) atoms. The van der Waals surface area contributed by atoms with Gasteiger partial charge in [-0.3, -0.25) is 14.6 Å². The molecule has 1 aliphatic rings. The smallest absolute Gasteiger partial charge is 0.316 e. The van der Waals surface area contributed by atoms with Gasteiger partial charge in [0, 0.05) is 36.1 Å². The summed E-state index contributed by atoms with van der Waals surface area (Å²) >= 11 is 5.82.